The average molecular weight is 196 g/mol. The third-order valence-corrected chi connectivity index (χ3v) is 1.70. The van der Waals surface area contributed by atoms with E-state index in [1.807, 2.05) is 0 Å². The van der Waals surface area contributed by atoms with Gasteiger partial charge in [0.2, 0.25) is 0 Å². The number of hydrogen-bond donors (Lipinski definition) is 0. The van der Waals surface area contributed by atoms with Crippen molar-refractivity contribution in [1.29, 1.82) is 0 Å². The van der Waals surface area contributed by atoms with E-state index >= 15 is 0 Å². The van der Waals surface area contributed by atoms with E-state index in [1.54, 1.807) is 13.0 Å². The zero-order valence-electron chi connectivity index (χ0n) is 7.99. The monoisotopic (exact) mass is 196 g/mol. The second-order valence-electron chi connectivity index (χ2n) is 2.74. The summed E-state index contributed by atoms with van der Waals surface area (Å²) in [5.41, 5.74) is 0.495. The molecule has 0 N–H and O–H groups in total. The molecule has 0 atom stereocenters. The molecule has 0 unspecified atom stereocenters. The third-order valence-electron chi connectivity index (χ3n) is 1.70. The minimum Gasteiger partial charge on any atom is -0.472 e. The number of hydrogen-bond acceptors (Lipinski definition) is 4. The van der Waals surface area contributed by atoms with Gasteiger partial charge in [0, 0.05) is 6.42 Å². The van der Waals surface area contributed by atoms with Crippen LogP contribution < -0.4 is 0 Å². The van der Waals surface area contributed by atoms with Crippen molar-refractivity contribution < 1.29 is 18.7 Å². The van der Waals surface area contributed by atoms with E-state index in [0.29, 0.717) is 12.2 Å². The van der Waals surface area contributed by atoms with Crippen LogP contribution in [-0.4, -0.2) is 18.4 Å². The number of carbonyl (C=O) groups excluding carboxylic acids is 2. The fraction of sp³-hybridized carbons (Fsp3) is 0.400. The summed E-state index contributed by atoms with van der Waals surface area (Å²) in [5, 5.41) is 0. The Bertz CT molecular complexity index is 300. The third kappa shape index (κ3) is 3.05. The van der Waals surface area contributed by atoms with E-state index in [1.165, 1.54) is 12.5 Å². The van der Waals surface area contributed by atoms with Crippen molar-refractivity contribution >= 4 is 11.8 Å². The van der Waals surface area contributed by atoms with Crippen LogP contribution in [0.5, 0.6) is 0 Å². The zero-order valence-corrected chi connectivity index (χ0v) is 7.99. The minimum absolute atomic E-state index is 0.105. The summed E-state index contributed by atoms with van der Waals surface area (Å²) in [6, 6.07) is 1.58. The molecule has 76 valence electrons. The summed E-state index contributed by atoms with van der Waals surface area (Å²) in [5.74, 6) is -0.448. The van der Waals surface area contributed by atoms with Gasteiger partial charge in [0.05, 0.1) is 24.9 Å². The number of ketones is 1. The molecule has 1 rings (SSSR count). The highest BCUT2D eigenvalue weighted by Crippen LogP contribution is 2.06. The van der Waals surface area contributed by atoms with Crippen molar-refractivity contribution in [2.45, 2.75) is 19.8 Å². The van der Waals surface area contributed by atoms with Crippen molar-refractivity contribution in [2.75, 3.05) is 6.61 Å². The lowest BCUT2D eigenvalue weighted by Gasteiger charge is -1.99. The van der Waals surface area contributed by atoms with Crippen LogP contribution in [0.25, 0.3) is 0 Å². The molecule has 0 aliphatic carbocycles. The first-order valence-corrected chi connectivity index (χ1v) is 4.45. The van der Waals surface area contributed by atoms with Gasteiger partial charge < -0.3 is 9.15 Å². The average Bonchev–Trinajstić information content (AvgIpc) is 2.67. The van der Waals surface area contributed by atoms with Crippen LogP contribution >= 0.6 is 0 Å². The molecule has 1 aromatic rings. The fourth-order valence-electron chi connectivity index (χ4n) is 1.02. The second-order valence-corrected chi connectivity index (χ2v) is 2.74. The van der Waals surface area contributed by atoms with Gasteiger partial charge in [-0.05, 0) is 13.0 Å². The predicted octanol–water partition coefficient (Wildman–Crippen LogP) is 1.81. The van der Waals surface area contributed by atoms with Gasteiger partial charge in [0.25, 0.3) is 0 Å². The molecule has 0 spiro atoms. The van der Waals surface area contributed by atoms with Gasteiger partial charge >= 0.3 is 5.97 Å². The van der Waals surface area contributed by atoms with Crippen molar-refractivity contribution in [2.24, 2.45) is 0 Å². The number of rotatable bonds is 5. The summed E-state index contributed by atoms with van der Waals surface area (Å²) in [6.07, 6.45) is 3.08. The Morgan fingerprint density at radius 1 is 1.43 bits per heavy atom. The predicted molar refractivity (Wildman–Crippen MR) is 48.9 cm³/mol. The van der Waals surface area contributed by atoms with E-state index < -0.39 is 0 Å². The summed E-state index contributed by atoms with van der Waals surface area (Å²) in [6.45, 7) is 2.08. The number of ether oxygens (including phenoxy) is 1. The SMILES string of the molecule is CCOC(=O)CCC(=O)c1ccoc1. The van der Waals surface area contributed by atoms with Gasteiger partial charge in [-0.2, -0.15) is 0 Å². The molecule has 4 nitrogen and oxygen atoms in total. The van der Waals surface area contributed by atoms with Gasteiger partial charge in [-0.3, -0.25) is 9.59 Å². The van der Waals surface area contributed by atoms with Crippen LogP contribution in [0.15, 0.2) is 23.0 Å². The molecule has 0 fully saturated rings. The maximum atomic E-state index is 11.3. The first kappa shape index (κ1) is 10.5. The summed E-state index contributed by atoms with van der Waals surface area (Å²) in [4.78, 5) is 22.3. The quantitative estimate of drug-likeness (QED) is 0.532. The molecule has 0 bridgehead atoms. The molecule has 0 saturated carbocycles. The molecule has 4 heteroatoms. The molecular weight excluding hydrogens is 184 g/mol. The highest BCUT2D eigenvalue weighted by Gasteiger charge is 2.10. The lowest BCUT2D eigenvalue weighted by Crippen LogP contribution is -2.07. The molecule has 1 heterocycles. The highest BCUT2D eigenvalue weighted by molar-refractivity contribution is 5.97. The van der Waals surface area contributed by atoms with Gasteiger partial charge in [-0.25, -0.2) is 0 Å². The van der Waals surface area contributed by atoms with E-state index in [-0.39, 0.29) is 24.6 Å². The van der Waals surface area contributed by atoms with Crippen LogP contribution in [0.3, 0.4) is 0 Å². The van der Waals surface area contributed by atoms with Crippen LogP contribution in [0.4, 0.5) is 0 Å². The molecule has 14 heavy (non-hydrogen) atoms. The Morgan fingerprint density at radius 3 is 2.79 bits per heavy atom. The van der Waals surface area contributed by atoms with Crippen molar-refractivity contribution in [3.8, 4) is 0 Å². The maximum Gasteiger partial charge on any atom is 0.306 e. The smallest absolute Gasteiger partial charge is 0.306 e. The van der Waals surface area contributed by atoms with Crippen molar-refractivity contribution in [3.63, 3.8) is 0 Å². The van der Waals surface area contributed by atoms with Crippen LogP contribution in [0.1, 0.15) is 30.1 Å². The lowest BCUT2D eigenvalue weighted by atomic mass is 10.1. The van der Waals surface area contributed by atoms with Gasteiger partial charge in [0.1, 0.15) is 6.26 Å². The largest absolute Gasteiger partial charge is 0.472 e. The van der Waals surface area contributed by atoms with E-state index in [2.05, 4.69) is 0 Å². The topological polar surface area (TPSA) is 56.5 Å². The van der Waals surface area contributed by atoms with Gasteiger partial charge in [0.15, 0.2) is 5.78 Å². The molecule has 1 aromatic heterocycles. The first-order valence-electron chi connectivity index (χ1n) is 4.45. The molecule has 0 amide bonds. The molecule has 0 aromatic carbocycles. The number of carbonyl (C=O) groups is 2. The Kier molecular flexibility index (Phi) is 3.91. The second kappa shape index (κ2) is 5.21. The van der Waals surface area contributed by atoms with Gasteiger partial charge in [-0.15, -0.1) is 0 Å². The van der Waals surface area contributed by atoms with E-state index in [9.17, 15) is 9.59 Å². The highest BCUT2D eigenvalue weighted by atomic mass is 16.5. The Hall–Kier alpha value is -1.58. The first-order chi connectivity index (χ1) is 6.74. The van der Waals surface area contributed by atoms with Crippen molar-refractivity contribution in [3.05, 3.63) is 24.2 Å². The maximum absolute atomic E-state index is 11.3. The summed E-state index contributed by atoms with van der Waals surface area (Å²) < 4.78 is 9.45. The molecular formula is C10H12O4. The van der Waals surface area contributed by atoms with E-state index in [0.717, 1.165) is 0 Å². The van der Waals surface area contributed by atoms with Crippen molar-refractivity contribution in [1.82, 2.24) is 0 Å². The number of Topliss-reactive ketones (excluding diaryl/α,β-unsaturated/α-hetero) is 1. The normalized spacial score (nSPS) is 9.79. The van der Waals surface area contributed by atoms with Crippen LogP contribution in [0.2, 0.25) is 0 Å². The lowest BCUT2D eigenvalue weighted by molar-refractivity contribution is -0.143. The summed E-state index contributed by atoms with van der Waals surface area (Å²) >= 11 is 0. The standard InChI is InChI=1S/C10H12O4/c1-2-14-10(12)4-3-9(11)8-5-6-13-7-8/h5-7H,2-4H2,1H3. The zero-order chi connectivity index (χ0) is 10.4. The Morgan fingerprint density at radius 2 is 2.21 bits per heavy atom. The fourth-order valence-corrected chi connectivity index (χ4v) is 1.02. The van der Waals surface area contributed by atoms with Crippen LogP contribution in [-0.2, 0) is 9.53 Å². The molecule has 0 aliphatic heterocycles. The Labute approximate surface area is 81.9 Å². The van der Waals surface area contributed by atoms with Gasteiger partial charge in [-0.1, -0.05) is 0 Å². The summed E-state index contributed by atoms with van der Waals surface area (Å²) in [7, 11) is 0. The minimum atomic E-state index is -0.343. The number of furan rings is 1. The Balaban J connectivity index is 2.32. The number of esters is 1. The molecule has 0 saturated heterocycles. The van der Waals surface area contributed by atoms with E-state index in [4.69, 9.17) is 9.15 Å². The molecule has 0 aliphatic rings. The molecule has 0 radical (unpaired) electrons. The van der Waals surface area contributed by atoms with Crippen LogP contribution in [0, 0.1) is 0 Å².